The molecular formula is C24H35FO3. The van der Waals surface area contributed by atoms with Crippen LogP contribution in [0.25, 0.3) is 0 Å². The van der Waals surface area contributed by atoms with Gasteiger partial charge in [-0.05, 0) is 86.8 Å². The SMILES string of the molecule is Fc1ccc(COC2CCC(C3CCC(CCC4OCCO4)CC3)CC2)cc1. The molecule has 3 nitrogen and oxygen atoms in total. The standard InChI is InChI=1S/C24H35FO3/c25-22-10-3-19(4-11-22)17-28-23-12-8-21(9-13-23)20-6-1-18(2-7-20)5-14-24-26-15-16-27-24/h3-4,10-11,18,20-21,23-24H,1-2,5-9,12-17H2. The number of ether oxygens (including phenoxy) is 3. The monoisotopic (exact) mass is 390 g/mol. The van der Waals surface area contributed by atoms with Crippen LogP contribution >= 0.6 is 0 Å². The third-order valence-electron chi connectivity index (χ3n) is 7.18. The van der Waals surface area contributed by atoms with Crippen LogP contribution in [-0.2, 0) is 20.8 Å². The van der Waals surface area contributed by atoms with Gasteiger partial charge in [-0.25, -0.2) is 4.39 Å². The molecule has 1 saturated heterocycles. The molecular weight excluding hydrogens is 355 g/mol. The van der Waals surface area contributed by atoms with E-state index in [2.05, 4.69) is 0 Å². The molecule has 4 heteroatoms. The van der Waals surface area contributed by atoms with Gasteiger partial charge in [0.05, 0.1) is 25.9 Å². The molecule has 28 heavy (non-hydrogen) atoms. The van der Waals surface area contributed by atoms with E-state index < -0.39 is 0 Å². The van der Waals surface area contributed by atoms with E-state index >= 15 is 0 Å². The van der Waals surface area contributed by atoms with Crippen molar-refractivity contribution in [2.24, 2.45) is 17.8 Å². The van der Waals surface area contributed by atoms with E-state index in [4.69, 9.17) is 14.2 Å². The Morgan fingerprint density at radius 2 is 1.39 bits per heavy atom. The van der Waals surface area contributed by atoms with Crippen LogP contribution in [0.15, 0.2) is 24.3 Å². The van der Waals surface area contributed by atoms with Crippen molar-refractivity contribution in [2.45, 2.75) is 83.2 Å². The van der Waals surface area contributed by atoms with Crippen LogP contribution < -0.4 is 0 Å². The van der Waals surface area contributed by atoms with Gasteiger partial charge in [0.25, 0.3) is 0 Å². The fourth-order valence-electron chi connectivity index (χ4n) is 5.42. The van der Waals surface area contributed by atoms with Gasteiger partial charge in [-0.1, -0.05) is 25.0 Å². The largest absolute Gasteiger partial charge is 0.374 e. The summed E-state index contributed by atoms with van der Waals surface area (Å²) in [4.78, 5) is 0. The number of halogens is 1. The first kappa shape index (κ1) is 20.3. The molecule has 0 unspecified atom stereocenters. The van der Waals surface area contributed by atoms with Crippen molar-refractivity contribution in [3.8, 4) is 0 Å². The Bertz CT molecular complexity index is 568. The van der Waals surface area contributed by atoms with Gasteiger partial charge < -0.3 is 14.2 Å². The summed E-state index contributed by atoms with van der Waals surface area (Å²) in [5, 5.41) is 0. The van der Waals surface area contributed by atoms with Crippen LogP contribution in [0.2, 0.25) is 0 Å². The highest BCUT2D eigenvalue weighted by Gasteiger charge is 2.31. The average Bonchev–Trinajstić information content (AvgIpc) is 3.26. The van der Waals surface area contributed by atoms with Crippen molar-refractivity contribution >= 4 is 0 Å². The third-order valence-corrected chi connectivity index (χ3v) is 7.18. The first-order chi connectivity index (χ1) is 13.8. The minimum absolute atomic E-state index is 0.0721. The minimum atomic E-state index is -0.181. The average molecular weight is 391 g/mol. The highest BCUT2D eigenvalue weighted by molar-refractivity contribution is 5.15. The quantitative estimate of drug-likeness (QED) is 0.583. The van der Waals surface area contributed by atoms with E-state index in [1.54, 1.807) is 0 Å². The van der Waals surface area contributed by atoms with Gasteiger partial charge in [0, 0.05) is 0 Å². The van der Waals surface area contributed by atoms with Crippen LogP contribution in [0, 0.1) is 23.6 Å². The molecule has 0 atom stereocenters. The maximum atomic E-state index is 13.0. The number of hydrogen-bond acceptors (Lipinski definition) is 3. The second kappa shape index (κ2) is 10.2. The third kappa shape index (κ3) is 5.77. The van der Waals surface area contributed by atoms with Gasteiger partial charge in [-0.2, -0.15) is 0 Å². The molecule has 0 aromatic heterocycles. The molecule has 156 valence electrons. The zero-order chi connectivity index (χ0) is 19.2. The summed E-state index contributed by atoms with van der Waals surface area (Å²) in [6, 6.07) is 6.67. The highest BCUT2D eigenvalue weighted by Crippen LogP contribution is 2.41. The van der Waals surface area contributed by atoms with Crippen molar-refractivity contribution in [3.05, 3.63) is 35.6 Å². The van der Waals surface area contributed by atoms with Gasteiger partial charge in [0.1, 0.15) is 5.82 Å². The number of hydrogen-bond donors (Lipinski definition) is 0. The molecule has 3 fully saturated rings. The van der Waals surface area contributed by atoms with Crippen LogP contribution in [0.5, 0.6) is 0 Å². The molecule has 4 rings (SSSR count). The van der Waals surface area contributed by atoms with Crippen molar-refractivity contribution in [1.29, 1.82) is 0 Å². The summed E-state index contributed by atoms with van der Waals surface area (Å²) >= 11 is 0. The lowest BCUT2D eigenvalue weighted by atomic mass is 9.70. The summed E-state index contributed by atoms with van der Waals surface area (Å²) in [6.45, 7) is 2.15. The Kier molecular flexibility index (Phi) is 7.38. The van der Waals surface area contributed by atoms with Gasteiger partial charge in [0.15, 0.2) is 6.29 Å². The summed E-state index contributed by atoms with van der Waals surface area (Å²) in [6.07, 6.45) is 13.4. The molecule has 1 aromatic carbocycles. The molecule has 1 aliphatic heterocycles. The summed E-state index contributed by atoms with van der Waals surface area (Å²) in [5.41, 5.74) is 1.07. The molecule has 0 amide bonds. The molecule has 1 aromatic rings. The van der Waals surface area contributed by atoms with E-state index in [-0.39, 0.29) is 12.1 Å². The van der Waals surface area contributed by atoms with Crippen molar-refractivity contribution in [3.63, 3.8) is 0 Å². The Labute approximate surface area is 168 Å². The summed E-state index contributed by atoms with van der Waals surface area (Å²) in [7, 11) is 0. The molecule has 0 radical (unpaired) electrons. The second-order valence-corrected chi connectivity index (χ2v) is 9.00. The van der Waals surface area contributed by atoms with Crippen molar-refractivity contribution in [2.75, 3.05) is 13.2 Å². The predicted molar refractivity (Wildman–Crippen MR) is 107 cm³/mol. The lowest BCUT2D eigenvalue weighted by molar-refractivity contribution is -0.0516. The Morgan fingerprint density at radius 3 is 2.04 bits per heavy atom. The van der Waals surface area contributed by atoms with E-state index in [1.807, 2.05) is 12.1 Å². The van der Waals surface area contributed by atoms with Gasteiger partial charge >= 0.3 is 0 Å². The molecule has 1 heterocycles. The van der Waals surface area contributed by atoms with E-state index in [0.717, 1.165) is 43.0 Å². The highest BCUT2D eigenvalue weighted by atomic mass is 19.1. The topological polar surface area (TPSA) is 27.7 Å². The number of benzene rings is 1. The first-order valence-electron chi connectivity index (χ1n) is 11.4. The van der Waals surface area contributed by atoms with Crippen molar-refractivity contribution in [1.82, 2.24) is 0 Å². The van der Waals surface area contributed by atoms with E-state index in [9.17, 15) is 4.39 Å². The van der Waals surface area contributed by atoms with Crippen LogP contribution in [-0.4, -0.2) is 25.6 Å². The minimum Gasteiger partial charge on any atom is -0.374 e. The Morgan fingerprint density at radius 1 is 0.786 bits per heavy atom. The second-order valence-electron chi connectivity index (χ2n) is 9.00. The smallest absolute Gasteiger partial charge is 0.157 e. The maximum Gasteiger partial charge on any atom is 0.157 e. The van der Waals surface area contributed by atoms with Gasteiger partial charge in [-0.3, -0.25) is 0 Å². The zero-order valence-corrected chi connectivity index (χ0v) is 17.0. The first-order valence-corrected chi connectivity index (χ1v) is 11.4. The Hall–Kier alpha value is -0.970. The summed E-state index contributed by atoms with van der Waals surface area (Å²) in [5.74, 6) is 2.51. The molecule has 2 aliphatic carbocycles. The lowest BCUT2D eigenvalue weighted by Crippen LogP contribution is -2.28. The van der Waals surface area contributed by atoms with Gasteiger partial charge in [0.2, 0.25) is 0 Å². The molecule has 0 spiro atoms. The normalized spacial score (nSPS) is 31.9. The zero-order valence-electron chi connectivity index (χ0n) is 17.0. The van der Waals surface area contributed by atoms with E-state index in [0.29, 0.717) is 12.7 Å². The lowest BCUT2D eigenvalue weighted by Gasteiger charge is -2.38. The van der Waals surface area contributed by atoms with Crippen LogP contribution in [0.1, 0.15) is 69.8 Å². The maximum absolute atomic E-state index is 13.0. The fraction of sp³-hybridized carbons (Fsp3) is 0.750. The molecule has 3 aliphatic rings. The molecule has 0 N–H and O–H groups in total. The van der Waals surface area contributed by atoms with Crippen LogP contribution in [0.3, 0.4) is 0 Å². The Balaban J connectivity index is 1.11. The predicted octanol–water partition coefficient (Wildman–Crippen LogP) is 5.86. The van der Waals surface area contributed by atoms with Crippen molar-refractivity contribution < 1.29 is 18.6 Å². The molecule has 2 saturated carbocycles. The van der Waals surface area contributed by atoms with E-state index in [1.165, 1.54) is 69.9 Å². The fourth-order valence-corrected chi connectivity index (χ4v) is 5.42. The summed E-state index contributed by atoms with van der Waals surface area (Å²) < 4.78 is 30.2. The van der Waals surface area contributed by atoms with Crippen LogP contribution in [0.4, 0.5) is 4.39 Å². The van der Waals surface area contributed by atoms with Gasteiger partial charge in [-0.15, -0.1) is 0 Å². The number of rotatable bonds is 7. The molecule has 0 bridgehead atoms.